The van der Waals surface area contributed by atoms with Gasteiger partial charge in [0.2, 0.25) is 0 Å². The topological polar surface area (TPSA) is 38.7 Å². The molecule has 1 aromatic rings. The highest BCUT2D eigenvalue weighted by atomic mass is 15.0. The third-order valence-corrected chi connectivity index (χ3v) is 2.20. The molecule has 0 spiro atoms. The van der Waals surface area contributed by atoms with E-state index in [9.17, 15) is 0 Å². The molecule has 0 aromatic carbocycles. The number of aryl methyl sites for hydroxylation is 1. The highest BCUT2D eigenvalue weighted by molar-refractivity contribution is 5.07. The second-order valence-electron chi connectivity index (χ2n) is 5.19. The Bertz CT molecular complexity index is 337. The van der Waals surface area contributed by atoms with Crippen molar-refractivity contribution in [2.75, 3.05) is 0 Å². The summed E-state index contributed by atoms with van der Waals surface area (Å²) >= 11 is 0. The molecule has 0 saturated heterocycles. The minimum absolute atomic E-state index is 0.00347. The summed E-state index contributed by atoms with van der Waals surface area (Å²) < 4.78 is 0. The van der Waals surface area contributed by atoms with Crippen LogP contribution in [0.5, 0.6) is 0 Å². The SMILES string of the molecule is CCc1nc(C(C)C)nc(C(C)(C)C)n1. The van der Waals surface area contributed by atoms with Crippen molar-refractivity contribution in [3.05, 3.63) is 17.5 Å². The molecular formula is C12H21N3. The van der Waals surface area contributed by atoms with Crippen LogP contribution in [0.1, 0.15) is 64.9 Å². The fourth-order valence-corrected chi connectivity index (χ4v) is 1.19. The molecule has 1 rings (SSSR count). The molecule has 0 aliphatic heterocycles. The number of hydrogen-bond acceptors (Lipinski definition) is 3. The summed E-state index contributed by atoms with van der Waals surface area (Å²) in [4.78, 5) is 13.5. The number of aromatic nitrogens is 3. The van der Waals surface area contributed by atoms with E-state index in [1.54, 1.807) is 0 Å². The Morgan fingerprint density at radius 3 is 2.07 bits per heavy atom. The van der Waals surface area contributed by atoms with E-state index in [0.29, 0.717) is 5.92 Å². The molecule has 0 amide bonds. The smallest absolute Gasteiger partial charge is 0.137 e. The first-order valence-corrected chi connectivity index (χ1v) is 5.60. The van der Waals surface area contributed by atoms with E-state index in [1.807, 2.05) is 0 Å². The second-order valence-corrected chi connectivity index (χ2v) is 5.19. The summed E-state index contributed by atoms with van der Waals surface area (Å²) in [5, 5.41) is 0. The van der Waals surface area contributed by atoms with Crippen LogP contribution in [0.15, 0.2) is 0 Å². The number of nitrogens with zero attached hydrogens (tertiary/aromatic N) is 3. The molecule has 84 valence electrons. The van der Waals surface area contributed by atoms with Crippen LogP contribution in [0.2, 0.25) is 0 Å². The van der Waals surface area contributed by atoms with Gasteiger partial charge in [0.15, 0.2) is 0 Å². The Hall–Kier alpha value is -0.990. The predicted molar refractivity (Wildman–Crippen MR) is 62.0 cm³/mol. The lowest BCUT2D eigenvalue weighted by Gasteiger charge is -2.18. The molecule has 0 radical (unpaired) electrons. The zero-order valence-electron chi connectivity index (χ0n) is 10.6. The van der Waals surface area contributed by atoms with Crippen LogP contribution in [0.3, 0.4) is 0 Å². The van der Waals surface area contributed by atoms with Crippen molar-refractivity contribution in [1.29, 1.82) is 0 Å². The summed E-state index contributed by atoms with van der Waals surface area (Å²) in [6.07, 6.45) is 0.866. The number of hydrogen-bond donors (Lipinski definition) is 0. The van der Waals surface area contributed by atoms with Crippen molar-refractivity contribution >= 4 is 0 Å². The molecule has 0 saturated carbocycles. The molecule has 0 aliphatic rings. The Morgan fingerprint density at radius 1 is 1.07 bits per heavy atom. The quantitative estimate of drug-likeness (QED) is 0.748. The van der Waals surface area contributed by atoms with Crippen LogP contribution in [0.4, 0.5) is 0 Å². The van der Waals surface area contributed by atoms with Gasteiger partial charge in [-0.2, -0.15) is 0 Å². The molecule has 0 atom stereocenters. The van der Waals surface area contributed by atoms with Crippen molar-refractivity contribution in [1.82, 2.24) is 15.0 Å². The predicted octanol–water partition coefficient (Wildman–Crippen LogP) is 2.85. The van der Waals surface area contributed by atoms with Crippen LogP contribution in [-0.2, 0) is 11.8 Å². The van der Waals surface area contributed by atoms with Gasteiger partial charge < -0.3 is 0 Å². The van der Waals surface area contributed by atoms with Crippen molar-refractivity contribution in [3.63, 3.8) is 0 Å². The van der Waals surface area contributed by atoms with Crippen LogP contribution in [0, 0.1) is 0 Å². The van der Waals surface area contributed by atoms with Gasteiger partial charge >= 0.3 is 0 Å². The molecule has 0 N–H and O–H groups in total. The van der Waals surface area contributed by atoms with Crippen molar-refractivity contribution in [3.8, 4) is 0 Å². The Balaban J connectivity index is 3.23. The molecular weight excluding hydrogens is 186 g/mol. The van der Waals surface area contributed by atoms with Gasteiger partial charge in [-0.15, -0.1) is 0 Å². The van der Waals surface area contributed by atoms with E-state index in [0.717, 1.165) is 23.9 Å². The van der Waals surface area contributed by atoms with Crippen LogP contribution in [0.25, 0.3) is 0 Å². The molecule has 0 fully saturated rings. The third kappa shape index (κ3) is 2.98. The first kappa shape index (κ1) is 12.1. The van der Waals surface area contributed by atoms with Gasteiger partial charge in [0.1, 0.15) is 17.5 Å². The van der Waals surface area contributed by atoms with Crippen LogP contribution < -0.4 is 0 Å². The van der Waals surface area contributed by atoms with Gasteiger partial charge in [-0.05, 0) is 0 Å². The molecule has 3 nitrogen and oxygen atoms in total. The van der Waals surface area contributed by atoms with Crippen molar-refractivity contribution in [2.24, 2.45) is 0 Å². The third-order valence-electron chi connectivity index (χ3n) is 2.20. The minimum Gasteiger partial charge on any atom is -0.218 e. The van der Waals surface area contributed by atoms with Crippen molar-refractivity contribution < 1.29 is 0 Å². The van der Waals surface area contributed by atoms with E-state index in [1.165, 1.54) is 0 Å². The molecule has 15 heavy (non-hydrogen) atoms. The Labute approximate surface area is 92.4 Å². The van der Waals surface area contributed by atoms with E-state index in [4.69, 9.17) is 0 Å². The van der Waals surface area contributed by atoms with Gasteiger partial charge in [-0.3, -0.25) is 0 Å². The first-order valence-electron chi connectivity index (χ1n) is 5.60. The highest BCUT2D eigenvalue weighted by Crippen LogP contribution is 2.20. The summed E-state index contributed by atoms with van der Waals surface area (Å²) in [7, 11) is 0. The molecule has 3 heteroatoms. The van der Waals surface area contributed by atoms with Gasteiger partial charge in [0.05, 0.1) is 0 Å². The van der Waals surface area contributed by atoms with Crippen LogP contribution >= 0.6 is 0 Å². The fraction of sp³-hybridized carbons (Fsp3) is 0.750. The molecule has 0 unspecified atom stereocenters. The lowest BCUT2D eigenvalue weighted by Crippen LogP contribution is -2.20. The molecule has 1 heterocycles. The zero-order chi connectivity index (χ0) is 11.6. The van der Waals surface area contributed by atoms with E-state index in [-0.39, 0.29) is 5.41 Å². The highest BCUT2D eigenvalue weighted by Gasteiger charge is 2.20. The lowest BCUT2D eigenvalue weighted by molar-refractivity contribution is 0.525. The summed E-state index contributed by atoms with van der Waals surface area (Å²) in [6.45, 7) is 12.7. The summed E-state index contributed by atoms with van der Waals surface area (Å²) in [6, 6.07) is 0. The lowest BCUT2D eigenvalue weighted by atomic mass is 9.95. The van der Waals surface area contributed by atoms with E-state index >= 15 is 0 Å². The number of rotatable bonds is 2. The van der Waals surface area contributed by atoms with Crippen LogP contribution in [-0.4, -0.2) is 15.0 Å². The molecule has 0 aliphatic carbocycles. The molecule has 1 aromatic heterocycles. The van der Waals surface area contributed by atoms with E-state index in [2.05, 4.69) is 56.5 Å². The fourth-order valence-electron chi connectivity index (χ4n) is 1.19. The minimum atomic E-state index is -0.00347. The van der Waals surface area contributed by atoms with E-state index < -0.39 is 0 Å². The summed E-state index contributed by atoms with van der Waals surface area (Å²) in [5.74, 6) is 3.07. The van der Waals surface area contributed by atoms with Gasteiger partial charge in [-0.1, -0.05) is 41.5 Å². The Kier molecular flexibility index (Phi) is 3.42. The second kappa shape index (κ2) is 4.25. The average molecular weight is 207 g/mol. The average Bonchev–Trinajstić information content (AvgIpc) is 2.15. The summed E-state index contributed by atoms with van der Waals surface area (Å²) in [5.41, 5.74) is -0.00347. The monoisotopic (exact) mass is 207 g/mol. The van der Waals surface area contributed by atoms with Gasteiger partial charge in [0.25, 0.3) is 0 Å². The van der Waals surface area contributed by atoms with Crippen molar-refractivity contribution in [2.45, 2.75) is 59.3 Å². The normalized spacial score (nSPS) is 12.2. The first-order chi connectivity index (χ1) is 6.84. The maximum absolute atomic E-state index is 4.53. The van der Waals surface area contributed by atoms with Gasteiger partial charge in [-0.25, -0.2) is 15.0 Å². The Morgan fingerprint density at radius 2 is 1.67 bits per heavy atom. The standard InChI is InChI=1S/C12H21N3/c1-7-9-13-10(8(2)3)15-11(14-9)12(4,5)6/h8H,7H2,1-6H3. The molecule has 0 bridgehead atoms. The maximum atomic E-state index is 4.53. The largest absolute Gasteiger partial charge is 0.218 e. The van der Waals surface area contributed by atoms with Gasteiger partial charge in [0, 0.05) is 17.8 Å². The maximum Gasteiger partial charge on any atom is 0.137 e. The zero-order valence-corrected chi connectivity index (χ0v) is 10.6.